The first-order valence-corrected chi connectivity index (χ1v) is 4.99. The van der Waals surface area contributed by atoms with Gasteiger partial charge in [0.15, 0.2) is 0 Å². The number of hydrogen-bond donors (Lipinski definition) is 0. The summed E-state index contributed by atoms with van der Waals surface area (Å²) >= 11 is 0. The average molecular weight is 268 g/mol. The molecular weight excluding hydrogens is 257 g/mol. The fourth-order valence-electron chi connectivity index (χ4n) is 1.54. The zero-order valence-electron chi connectivity index (χ0n) is 8.87. The van der Waals surface area contributed by atoms with Crippen LogP contribution in [0.25, 0.3) is 0 Å². The van der Waals surface area contributed by atoms with Crippen LogP contribution in [0.2, 0.25) is 0 Å². The Labute approximate surface area is 92.8 Å². The Balaban J connectivity index is 2.94. The molecule has 1 saturated heterocycles. The highest BCUT2D eigenvalue weighted by Crippen LogP contribution is 2.55. The molecule has 0 aromatic heterocycles. The third kappa shape index (κ3) is 1.88. The second kappa shape index (κ2) is 4.27. The molecule has 0 aromatic carbocycles. The van der Waals surface area contributed by atoms with E-state index in [1.807, 2.05) is 0 Å². The molecule has 9 heteroatoms. The Bertz CT molecular complexity index is 263. The van der Waals surface area contributed by atoms with Gasteiger partial charge in [-0.1, -0.05) is 19.8 Å². The van der Waals surface area contributed by atoms with Gasteiger partial charge in [0, 0.05) is 6.42 Å². The number of hydrogen-bond acceptors (Lipinski definition) is 2. The maximum Gasteiger partial charge on any atom is 0.413 e. The second-order valence-electron chi connectivity index (χ2n) is 3.82. The molecule has 0 N–H and O–H groups in total. The van der Waals surface area contributed by atoms with Crippen molar-refractivity contribution in [3.05, 3.63) is 0 Å². The summed E-state index contributed by atoms with van der Waals surface area (Å²) in [6.07, 6.45) is -0.509. The van der Waals surface area contributed by atoms with Crippen molar-refractivity contribution in [3.8, 4) is 0 Å². The van der Waals surface area contributed by atoms with E-state index in [2.05, 4.69) is 0 Å². The molecule has 17 heavy (non-hydrogen) atoms. The third-order valence-corrected chi connectivity index (χ3v) is 2.56. The summed E-state index contributed by atoms with van der Waals surface area (Å²) in [5.41, 5.74) is 0. The first-order valence-electron chi connectivity index (χ1n) is 4.99. The predicted molar refractivity (Wildman–Crippen MR) is 43.8 cm³/mol. The second-order valence-corrected chi connectivity index (χ2v) is 3.82. The van der Waals surface area contributed by atoms with E-state index in [-0.39, 0.29) is 12.8 Å². The van der Waals surface area contributed by atoms with Gasteiger partial charge >= 0.3 is 12.1 Å². The maximum absolute atomic E-state index is 13.6. The lowest BCUT2D eigenvalue weighted by Gasteiger charge is -2.25. The number of alkyl halides is 5. The molecular formula is C8H11F7N2. The van der Waals surface area contributed by atoms with Gasteiger partial charge in [-0.05, 0) is 16.7 Å². The molecule has 0 radical (unpaired) electrons. The molecule has 1 heterocycles. The monoisotopic (exact) mass is 268 g/mol. The summed E-state index contributed by atoms with van der Waals surface area (Å²) < 4.78 is 89.9. The number of nitrogens with zero attached hydrogens (tertiary/aromatic N) is 2. The topological polar surface area (TPSA) is 6.48 Å². The number of unbranched alkanes of at least 4 members (excludes halogenated alkanes) is 2. The summed E-state index contributed by atoms with van der Waals surface area (Å²) in [4.78, 5) is 0. The highest BCUT2D eigenvalue weighted by atomic mass is 19.3. The van der Waals surface area contributed by atoms with Gasteiger partial charge in [-0.2, -0.15) is 17.6 Å². The molecule has 0 aromatic rings. The molecule has 0 spiro atoms. The quantitative estimate of drug-likeness (QED) is 0.331. The van der Waals surface area contributed by atoms with E-state index in [0.717, 1.165) is 0 Å². The van der Waals surface area contributed by atoms with Gasteiger partial charge in [0.1, 0.15) is 0 Å². The summed E-state index contributed by atoms with van der Waals surface area (Å²) in [5, 5.41) is -4.09. The SMILES string of the molecule is CCCCCC1(F)N(F)C(F)(F)C(F)(F)N1F. The van der Waals surface area contributed by atoms with E-state index in [4.69, 9.17) is 0 Å². The first-order chi connectivity index (χ1) is 7.62. The van der Waals surface area contributed by atoms with Crippen LogP contribution in [0.15, 0.2) is 0 Å². The molecule has 0 amide bonds. The Kier molecular flexibility index (Phi) is 3.64. The summed E-state index contributed by atoms with van der Waals surface area (Å²) in [6.45, 7) is 1.67. The van der Waals surface area contributed by atoms with Crippen LogP contribution in [-0.2, 0) is 0 Å². The van der Waals surface area contributed by atoms with Gasteiger partial charge in [0.05, 0.1) is 0 Å². The molecule has 102 valence electrons. The lowest BCUT2D eigenvalue weighted by atomic mass is 10.1. The van der Waals surface area contributed by atoms with Crippen molar-refractivity contribution in [2.24, 2.45) is 0 Å². The Hall–Kier alpha value is -0.570. The van der Waals surface area contributed by atoms with Crippen molar-refractivity contribution in [2.75, 3.05) is 0 Å². The van der Waals surface area contributed by atoms with E-state index in [1.54, 1.807) is 6.92 Å². The van der Waals surface area contributed by atoms with Gasteiger partial charge in [-0.3, -0.25) is 0 Å². The largest absolute Gasteiger partial charge is 0.413 e. The summed E-state index contributed by atoms with van der Waals surface area (Å²) in [6, 6.07) is -11.1. The minimum Gasteiger partial charge on any atom is -0.202 e. The van der Waals surface area contributed by atoms with Gasteiger partial charge in [0.2, 0.25) is 0 Å². The molecule has 1 aliphatic rings. The smallest absolute Gasteiger partial charge is 0.202 e. The van der Waals surface area contributed by atoms with Crippen LogP contribution in [-0.4, -0.2) is 28.3 Å². The van der Waals surface area contributed by atoms with Gasteiger partial charge in [-0.15, -0.1) is 8.96 Å². The van der Waals surface area contributed by atoms with Crippen LogP contribution in [0.3, 0.4) is 0 Å². The van der Waals surface area contributed by atoms with Gasteiger partial charge < -0.3 is 0 Å². The molecule has 0 atom stereocenters. The fraction of sp³-hybridized carbons (Fsp3) is 1.00. The van der Waals surface area contributed by atoms with Gasteiger partial charge in [0.25, 0.3) is 5.92 Å². The van der Waals surface area contributed by atoms with Crippen molar-refractivity contribution < 1.29 is 30.9 Å². The minimum absolute atomic E-state index is 0.194. The zero-order valence-corrected chi connectivity index (χ0v) is 8.87. The van der Waals surface area contributed by atoms with Crippen LogP contribution in [0.1, 0.15) is 32.6 Å². The minimum atomic E-state index is -5.54. The third-order valence-electron chi connectivity index (χ3n) is 2.56. The van der Waals surface area contributed by atoms with Crippen molar-refractivity contribution in [1.82, 2.24) is 10.2 Å². The van der Waals surface area contributed by atoms with E-state index >= 15 is 0 Å². The van der Waals surface area contributed by atoms with Gasteiger partial charge in [-0.25, -0.2) is 4.39 Å². The van der Waals surface area contributed by atoms with Crippen LogP contribution in [0.4, 0.5) is 30.9 Å². The van der Waals surface area contributed by atoms with Crippen molar-refractivity contribution in [1.29, 1.82) is 0 Å². The molecule has 0 unspecified atom stereocenters. The van der Waals surface area contributed by atoms with Crippen LogP contribution < -0.4 is 0 Å². The maximum atomic E-state index is 13.6. The van der Waals surface area contributed by atoms with Crippen LogP contribution >= 0.6 is 0 Å². The van der Waals surface area contributed by atoms with E-state index in [1.165, 1.54) is 0 Å². The van der Waals surface area contributed by atoms with Crippen LogP contribution in [0, 0.1) is 0 Å². The summed E-state index contributed by atoms with van der Waals surface area (Å²) in [5.74, 6) is -4.14. The Morgan fingerprint density at radius 1 is 0.824 bits per heavy atom. The zero-order chi connectivity index (χ0) is 13.5. The molecule has 1 rings (SSSR count). The lowest BCUT2D eigenvalue weighted by Crippen LogP contribution is -2.46. The van der Waals surface area contributed by atoms with E-state index < -0.39 is 34.7 Å². The van der Waals surface area contributed by atoms with E-state index in [0.29, 0.717) is 6.42 Å². The van der Waals surface area contributed by atoms with Crippen LogP contribution in [0.5, 0.6) is 0 Å². The molecule has 0 bridgehead atoms. The fourth-order valence-corrected chi connectivity index (χ4v) is 1.54. The molecule has 1 fully saturated rings. The van der Waals surface area contributed by atoms with Crippen molar-refractivity contribution in [3.63, 3.8) is 0 Å². The average Bonchev–Trinajstić information content (AvgIpc) is 2.33. The normalized spacial score (nSPS) is 27.5. The number of halogens is 7. The standard InChI is InChI=1S/C8H11F7N2/c1-2-3-4-5-6(9)16(14)7(10,11)8(12,13)17(6)15/h2-5H2,1H3. The van der Waals surface area contributed by atoms with Crippen molar-refractivity contribution >= 4 is 0 Å². The van der Waals surface area contributed by atoms with Crippen molar-refractivity contribution in [2.45, 2.75) is 50.6 Å². The predicted octanol–water partition coefficient (Wildman–Crippen LogP) is 3.76. The highest BCUT2D eigenvalue weighted by molar-refractivity contribution is 4.95. The molecule has 1 aliphatic heterocycles. The highest BCUT2D eigenvalue weighted by Gasteiger charge is 2.82. The number of rotatable bonds is 4. The summed E-state index contributed by atoms with van der Waals surface area (Å²) in [7, 11) is 0. The molecule has 2 nitrogen and oxygen atoms in total. The first kappa shape index (κ1) is 14.5. The lowest BCUT2D eigenvalue weighted by molar-refractivity contribution is -0.332. The van der Waals surface area contributed by atoms with E-state index in [9.17, 15) is 30.9 Å². The molecule has 0 saturated carbocycles. The Morgan fingerprint density at radius 2 is 1.24 bits per heavy atom. The molecule has 0 aliphatic carbocycles. The Morgan fingerprint density at radius 3 is 1.59 bits per heavy atom.